The Hall–Kier alpha value is -0.710. The fraction of sp³-hybridized carbons (Fsp3) is 0.200. The molecule has 0 atom stereocenters. The molecule has 0 aliphatic heterocycles. The molecule has 0 aliphatic carbocycles. The van der Waals surface area contributed by atoms with Crippen molar-refractivity contribution in [2.45, 2.75) is 13.8 Å². The average Bonchev–Trinajstić information content (AvgIpc) is 2.09. The molecular formula is C10H9IO2. The third-order valence-electron chi connectivity index (χ3n) is 1.87. The van der Waals surface area contributed by atoms with Crippen molar-refractivity contribution in [3.05, 3.63) is 32.4 Å². The Morgan fingerprint density at radius 2 is 2.08 bits per heavy atom. The molecule has 0 unspecified atom stereocenters. The van der Waals surface area contributed by atoms with Gasteiger partial charge in [0.05, 0.1) is 0 Å². The van der Waals surface area contributed by atoms with E-state index in [2.05, 4.69) is 22.6 Å². The molecule has 0 spiro atoms. The smallest absolute Gasteiger partial charge is 0.160 e. The van der Waals surface area contributed by atoms with Gasteiger partial charge in [-0.25, -0.2) is 0 Å². The van der Waals surface area contributed by atoms with E-state index >= 15 is 0 Å². The van der Waals surface area contributed by atoms with E-state index in [-0.39, 0.29) is 5.78 Å². The lowest BCUT2D eigenvalue weighted by molar-refractivity contribution is 0.100. The summed E-state index contributed by atoms with van der Waals surface area (Å²) in [6.45, 7) is 3.38. The summed E-state index contributed by atoms with van der Waals surface area (Å²) in [6, 6.07) is 3.55. The third kappa shape index (κ3) is 1.96. The number of hydrogen-bond acceptors (Lipinski definition) is 2. The maximum absolute atomic E-state index is 11.1. The molecule has 13 heavy (non-hydrogen) atoms. The van der Waals surface area contributed by atoms with Crippen LogP contribution in [0, 0.1) is 10.5 Å². The highest BCUT2D eigenvalue weighted by molar-refractivity contribution is 14.1. The zero-order valence-corrected chi connectivity index (χ0v) is 9.58. The van der Waals surface area contributed by atoms with Crippen LogP contribution in [0.2, 0.25) is 0 Å². The summed E-state index contributed by atoms with van der Waals surface area (Å²) in [4.78, 5) is 21.9. The molecule has 0 saturated heterocycles. The molecule has 0 fully saturated rings. The number of Topliss-reactive ketones (excluding diaryl/α,β-unsaturated/α-hetero) is 1. The van der Waals surface area contributed by atoms with Crippen LogP contribution in [0.25, 0.3) is 0 Å². The van der Waals surface area contributed by atoms with Gasteiger partial charge >= 0.3 is 0 Å². The molecule has 2 nitrogen and oxygen atoms in total. The predicted molar refractivity (Wildman–Crippen MR) is 59.3 cm³/mol. The number of ketones is 1. The molecule has 0 aliphatic rings. The van der Waals surface area contributed by atoms with Crippen molar-refractivity contribution in [2.24, 2.45) is 0 Å². The first kappa shape index (κ1) is 10.4. The van der Waals surface area contributed by atoms with Crippen LogP contribution in [0.3, 0.4) is 0 Å². The van der Waals surface area contributed by atoms with Gasteiger partial charge < -0.3 is 0 Å². The largest absolute Gasteiger partial charge is 0.298 e. The van der Waals surface area contributed by atoms with Gasteiger partial charge in [0, 0.05) is 14.7 Å². The molecule has 0 N–H and O–H groups in total. The van der Waals surface area contributed by atoms with Crippen molar-refractivity contribution in [3.8, 4) is 0 Å². The first-order chi connectivity index (χ1) is 6.07. The van der Waals surface area contributed by atoms with Gasteiger partial charge in [-0.3, -0.25) is 9.59 Å². The van der Waals surface area contributed by atoms with Gasteiger partial charge in [0.2, 0.25) is 0 Å². The van der Waals surface area contributed by atoms with E-state index in [1.165, 1.54) is 6.92 Å². The van der Waals surface area contributed by atoms with Crippen molar-refractivity contribution >= 4 is 34.7 Å². The van der Waals surface area contributed by atoms with E-state index in [1.807, 2.05) is 13.0 Å². The highest BCUT2D eigenvalue weighted by atomic mass is 127. The van der Waals surface area contributed by atoms with Crippen LogP contribution < -0.4 is 0 Å². The quantitative estimate of drug-likeness (QED) is 0.476. The number of aldehydes is 1. The van der Waals surface area contributed by atoms with Crippen LogP contribution in [0.15, 0.2) is 12.1 Å². The Labute approximate surface area is 90.5 Å². The van der Waals surface area contributed by atoms with Crippen molar-refractivity contribution in [2.75, 3.05) is 0 Å². The van der Waals surface area contributed by atoms with Crippen LogP contribution in [0.5, 0.6) is 0 Å². The summed E-state index contributed by atoms with van der Waals surface area (Å²) in [5.41, 5.74) is 2.03. The second kappa shape index (κ2) is 4.00. The normalized spacial score (nSPS) is 9.77. The fourth-order valence-corrected chi connectivity index (χ4v) is 1.72. The Bertz CT molecular complexity index is 369. The van der Waals surface area contributed by atoms with Gasteiger partial charge in [0.15, 0.2) is 12.1 Å². The second-order valence-electron chi connectivity index (χ2n) is 2.83. The Morgan fingerprint density at radius 3 is 2.54 bits per heavy atom. The van der Waals surface area contributed by atoms with Gasteiger partial charge in [-0.1, -0.05) is 12.1 Å². The summed E-state index contributed by atoms with van der Waals surface area (Å²) in [5, 5.41) is 0. The van der Waals surface area contributed by atoms with Gasteiger partial charge in [0.25, 0.3) is 0 Å². The van der Waals surface area contributed by atoms with E-state index < -0.39 is 0 Å². The molecule has 1 rings (SSSR count). The molecule has 1 aromatic carbocycles. The van der Waals surface area contributed by atoms with Crippen LogP contribution in [-0.4, -0.2) is 12.1 Å². The zero-order valence-electron chi connectivity index (χ0n) is 7.43. The molecular weight excluding hydrogens is 279 g/mol. The highest BCUT2D eigenvalue weighted by Crippen LogP contribution is 2.19. The average molecular weight is 288 g/mol. The number of rotatable bonds is 2. The Kier molecular flexibility index (Phi) is 3.19. The maximum Gasteiger partial charge on any atom is 0.160 e. The van der Waals surface area contributed by atoms with Crippen molar-refractivity contribution in [3.63, 3.8) is 0 Å². The second-order valence-corrected chi connectivity index (χ2v) is 3.91. The molecule has 0 radical (unpaired) electrons. The molecule has 1 aromatic rings. The summed E-state index contributed by atoms with van der Waals surface area (Å²) < 4.78 is 0.861. The topological polar surface area (TPSA) is 34.1 Å². The SMILES string of the molecule is CC(=O)c1ccc(C)c(I)c1C=O. The minimum atomic E-state index is -0.0694. The van der Waals surface area contributed by atoms with Crippen LogP contribution in [0.4, 0.5) is 0 Å². The number of aryl methyl sites for hydroxylation is 1. The van der Waals surface area contributed by atoms with Crippen LogP contribution in [0.1, 0.15) is 33.2 Å². The number of halogens is 1. The predicted octanol–water partition coefficient (Wildman–Crippen LogP) is 2.61. The van der Waals surface area contributed by atoms with Crippen molar-refractivity contribution < 1.29 is 9.59 Å². The molecule has 0 amide bonds. The molecule has 0 bridgehead atoms. The van der Waals surface area contributed by atoms with E-state index in [4.69, 9.17) is 0 Å². The van der Waals surface area contributed by atoms with Gasteiger partial charge in [-0.05, 0) is 42.0 Å². The van der Waals surface area contributed by atoms with Crippen molar-refractivity contribution in [1.29, 1.82) is 0 Å². The van der Waals surface area contributed by atoms with Crippen molar-refractivity contribution in [1.82, 2.24) is 0 Å². The van der Waals surface area contributed by atoms with Crippen LogP contribution >= 0.6 is 22.6 Å². The Balaban J connectivity index is 3.47. The first-order valence-corrected chi connectivity index (χ1v) is 4.91. The molecule has 68 valence electrons. The molecule has 0 saturated carbocycles. The lowest BCUT2D eigenvalue weighted by atomic mass is 10.0. The number of carbonyl (C=O) groups excluding carboxylic acids is 2. The fourth-order valence-electron chi connectivity index (χ4n) is 1.12. The summed E-state index contributed by atoms with van der Waals surface area (Å²) in [5.74, 6) is -0.0694. The van der Waals surface area contributed by atoms with Gasteiger partial charge in [-0.2, -0.15) is 0 Å². The van der Waals surface area contributed by atoms with Gasteiger partial charge in [-0.15, -0.1) is 0 Å². The first-order valence-electron chi connectivity index (χ1n) is 3.83. The third-order valence-corrected chi connectivity index (χ3v) is 3.30. The Morgan fingerprint density at radius 1 is 1.46 bits per heavy atom. The lowest BCUT2D eigenvalue weighted by Gasteiger charge is -2.05. The monoisotopic (exact) mass is 288 g/mol. The molecule has 0 heterocycles. The minimum absolute atomic E-state index is 0.0694. The van der Waals surface area contributed by atoms with E-state index in [9.17, 15) is 9.59 Å². The standard InChI is InChI=1S/C10H9IO2/c1-6-3-4-8(7(2)13)9(5-12)10(6)11/h3-5H,1-2H3. The maximum atomic E-state index is 11.1. The molecule has 3 heteroatoms. The number of benzene rings is 1. The van der Waals surface area contributed by atoms with E-state index in [1.54, 1.807) is 6.07 Å². The summed E-state index contributed by atoms with van der Waals surface area (Å²) >= 11 is 2.08. The summed E-state index contributed by atoms with van der Waals surface area (Å²) in [6.07, 6.45) is 0.742. The summed E-state index contributed by atoms with van der Waals surface area (Å²) in [7, 11) is 0. The molecule has 0 aromatic heterocycles. The highest BCUT2D eigenvalue weighted by Gasteiger charge is 2.11. The minimum Gasteiger partial charge on any atom is -0.298 e. The number of carbonyl (C=O) groups is 2. The number of hydrogen-bond donors (Lipinski definition) is 0. The zero-order chi connectivity index (χ0) is 10.0. The van der Waals surface area contributed by atoms with Gasteiger partial charge in [0.1, 0.15) is 0 Å². The van der Waals surface area contributed by atoms with E-state index in [0.29, 0.717) is 11.1 Å². The van der Waals surface area contributed by atoms with Crippen LogP contribution in [-0.2, 0) is 0 Å². The lowest BCUT2D eigenvalue weighted by Crippen LogP contribution is -2.02. The van der Waals surface area contributed by atoms with E-state index in [0.717, 1.165) is 15.4 Å².